The molecule has 0 aliphatic carbocycles. The topological polar surface area (TPSA) is 72.6 Å². The molecule has 0 bridgehead atoms. The number of primary amides is 1. The Morgan fingerprint density at radius 1 is 1.37 bits per heavy atom. The summed E-state index contributed by atoms with van der Waals surface area (Å²) in [4.78, 5) is 23.4. The summed E-state index contributed by atoms with van der Waals surface area (Å²) < 4.78 is 5.26. The zero-order valence-electron chi connectivity index (χ0n) is 11.6. The highest BCUT2D eigenvalue weighted by atomic mass is 16.5. The summed E-state index contributed by atoms with van der Waals surface area (Å²) >= 11 is 0. The normalized spacial score (nSPS) is 10.1. The third-order valence-electron chi connectivity index (χ3n) is 3.02. The van der Waals surface area contributed by atoms with Gasteiger partial charge < -0.3 is 15.4 Å². The third-order valence-corrected chi connectivity index (χ3v) is 3.02. The molecule has 1 aromatic rings. The molecule has 2 amide bonds. The number of methoxy groups -OCH3 is 1. The first kappa shape index (κ1) is 15.0. The number of ether oxygens (including phenoxy) is 1. The first-order chi connectivity index (χ1) is 8.99. The number of hydrogen-bond donors (Lipinski definition) is 1. The predicted octanol–water partition coefficient (Wildman–Crippen LogP) is 0.744. The Bertz CT molecular complexity index is 472. The number of hydrogen-bond acceptors (Lipinski definition) is 3. The van der Waals surface area contributed by atoms with Gasteiger partial charge in [0.15, 0.2) is 0 Å². The molecule has 104 valence electrons. The van der Waals surface area contributed by atoms with Crippen molar-refractivity contribution in [2.24, 2.45) is 5.73 Å². The van der Waals surface area contributed by atoms with E-state index in [-0.39, 0.29) is 0 Å². The molecule has 0 saturated carbocycles. The summed E-state index contributed by atoms with van der Waals surface area (Å²) in [6, 6.07) is 5.94. The molecule has 1 aromatic carbocycles. The Kier molecular flexibility index (Phi) is 5.36. The Morgan fingerprint density at radius 2 is 2.05 bits per heavy atom. The van der Waals surface area contributed by atoms with Gasteiger partial charge in [0.1, 0.15) is 5.75 Å². The monoisotopic (exact) mass is 264 g/mol. The minimum Gasteiger partial charge on any atom is -0.496 e. The first-order valence-electron chi connectivity index (χ1n) is 6.20. The molecule has 0 fully saturated rings. The second-order valence-electron chi connectivity index (χ2n) is 4.34. The molecule has 5 heteroatoms. The molecule has 1 rings (SSSR count). The van der Waals surface area contributed by atoms with Crippen LogP contribution in [0.5, 0.6) is 5.75 Å². The van der Waals surface area contributed by atoms with Gasteiger partial charge in [-0.05, 0) is 30.0 Å². The lowest BCUT2D eigenvalue weighted by Gasteiger charge is -2.15. The molecule has 5 nitrogen and oxygen atoms in total. The van der Waals surface area contributed by atoms with E-state index in [2.05, 4.69) is 13.0 Å². The van der Waals surface area contributed by atoms with Gasteiger partial charge >= 0.3 is 11.8 Å². The Hall–Kier alpha value is -2.04. The van der Waals surface area contributed by atoms with Crippen molar-refractivity contribution in [1.82, 2.24) is 4.90 Å². The Labute approximate surface area is 113 Å². The van der Waals surface area contributed by atoms with E-state index >= 15 is 0 Å². The maximum atomic E-state index is 11.3. The lowest BCUT2D eigenvalue weighted by molar-refractivity contribution is -0.143. The zero-order chi connectivity index (χ0) is 14.4. The molecule has 0 aliphatic heterocycles. The Balaban J connectivity index is 2.68. The van der Waals surface area contributed by atoms with Crippen LogP contribution >= 0.6 is 0 Å². The van der Waals surface area contributed by atoms with E-state index < -0.39 is 11.8 Å². The van der Waals surface area contributed by atoms with Crippen LogP contribution in [0.4, 0.5) is 0 Å². The second kappa shape index (κ2) is 6.78. The van der Waals surface area contributed by atoms with E-state index in [1.807, 2.05) is 12.1 Å². The number of nitrogens with zero attached hydrogens (tertiary/aromatic N) is 1. The van der Waals surface area contributed by atoms with Crippen molar-refractivity contribution in [2.45, 2.75) is 19.8 Å². The van der Waals surface area contributed by atoms with Gasteiger partial charge in [-0.1, -0.05) is 19.1 Å². The summed E-state index contributed by atoms with van der Waals surface area (Å²) in [5.74, 6) is -0.719. The number of carbonyl (C=O) groups is 2. The molecular formula is C14H20N2O3. The summed E-state index contributed by atoms with van der Waals surface area (Å²) in [6.07, 6.45) is 1.56. The molecule has 0 unspecified atom stereocenters. The molecular weight excluding hydrogens is 244 g/mol. The maximum Gasteiger partial charge on any atom is 0.311 e. The van der Waals surface area contributed by atoms with Crippen molar-refractivity contribution < 1.29 is 14.3 Å². The number of nitrogens with two attached hydrogens (primary N) is 1. The van der Waals surface area contributed by atoms with Crippen LogP contribution in [0, 0.1) is 0 Å². The average molecular weight is 264 g/mol. The fourth-order valence-electron chi connectivity index (χ4n) is 1.85. The van der Waals surface area contributed by atoms with Crippen molar-refractivity contribution in [2.75, 3.05) is 20.7 Å². The quantitative estimate of drug-likeness (QED) is 0.797. The van der Waals surface area contributed by atoms with Crippen LogP contribution in [-0.4, -0.2) is 37.4 Å². The van der Waals surface area contributed by atoms with Gasteiger partial charge in [-0.3, -0.25) is 9.59 Å². The fourth-order valence-corrected chi connectivity index (χ4v) is 1.85. The Morgan fingerprint density at radius 3 is 2.58 bits per heavy atom. The molecule has 0 saturated heterocycles. The number of rotatable bonds is 5. The molecule has 0 heterocycles. The van der Waals surface area contributed by atoms with E-state index in [1.54, 1.807) is 14.2 Å². The van der Waals surface area contributed by atoms with Crippen molar-refractivity contribution in [1.29, 1.82) is 0 Å². The molecule has 0 atom stereocenters. The molecule has 2 N–H and O–H groups in total. The van der Waals surface area contributed by atoms with Crippen LogP contribution in [0.3, 0.4) is 0 Å². The minimum atomic E-state index is -0.925. The van der Waals surface area contributed by atoms with Gasteiger partial charge in [-0.25, -0.2) is 0 Å². The number of benzene rings is 1. The predicted molar refractivity (Wildman–Crippen MR) is 72.9 cm³/mol. The van der Waals surface area contributed by atoms with Gasteiger partial charge in [-0.2, -0.15) is 0 Å². The molecule has 0 aromatic heterocycles. The lowest BCUT2D eigenvalue weighted by atomic mass is 10.1. The third kappa shape index (κ3) is 3.98. The van der Waals surface area contributed by atoms with Gasteiger partial charge in [0, 0.05) is 13.6 Å². The van der Waals surface area contributed by atoms with Crippen LogP contribution in [-0.2, 0) is 22.4 Å². The average Bonchev–Trinajstić information content (AvgIpc) is 2.43. The second-order valence-corrected chi connectivity index (χ2v) is 4.34. The highest BCUT2D eigenvalue weighted by Gasteiger charge is 2.14. The van der Waals surface area contributed by atoms with Crippen molar-refractivity contribution in [3.05, 3.63) is 29.3 Å². The summed E-state index contributed by atoms with van der Waals surface area (Å²) in [6.45, 7) is 2.52. The van der Waals surface area contributed by atoms with Gasteiger partial charge in [0.05, 0.1) is 7.11 Å². The largest absolute Gasteiger partial charge is 0.496 e. The van der Waals surface area contributed by atoms with Gasteiger partial charge in [0.25, 0.3) is 0 Å². The van der Waals surface area contributed by atoms with E-state index in [4.69, 9.17) is 10.5 Å². The van der Waals surface area contributed by atoms with E-state index in [0.29, 0.717) is 13.0 Å². The first-order valence-corrected chi connectivity index (χ1v) is 6.20. The van der Waals surface area contributed by atoms with Crippen LogP contribution in [0.25, 0.3) is 0 Å². The highest BCUT2D eigenvalue weighted by Crippen LogP contribution is 2.20. The maximum absolute atomic E-state index is 11.3. The number of carbonyl (C=O) groups excluding carboxylic acids is 2. The van der Waals surface area contributed by atoms with Crippen molar-refractivity contribution in [3.63, 3.8) is 0 Å². The number of aryl methyl sites for hydroxylation is 1. The number of likely N-dealkylation sites (N-methyl/N-ethyl adjacent to an activating group) is 1. The van der Waals surface area contributed by atoms with Crippen LogP contribution in [0.2, 0.25) is 0 Å². The van der Waals surface area contributed by atoms with Crippen LogP contribution in [0.15, 0.2) is 18.2 Å². The van der Waals surface area contributed by atoms with E-state index in [0.717, 1.165) is 23.3 Å². The van der Waals surface area contributed by atoms with Gasteiger partial charge in [0.2, 0.25) is 0 Å². The molecule has 19 heavy (non-hydrogen) atoms. The van der Waals surface area contributed by atoms with Crippen molar-refractivity contribution >= 4 is 11.8 Å². The van der Waals surface area contributed by atoms with Crippen LogP contribution < -0.4 is 10.5 Å². The number of amides is 2. The molecule has 0 aliphatic rings. The highest BCUT2D eigenvalue weighted by molar-refractivity contribution is 6.34. The van der Waals surface area contributed by atoms with E-state index in [1.165, 1.54) is 4.90 Å². The summed E-state index contributed by atoms with van der Waals surface area (Å²) in [7, 11) is 3.21. The fraction of sp³-hybridized carbons (Fsp3) is 0.429. The molecule has 0 spiro atoms. The van der Waals surface area contributed by atoms with Crippen LogP contribution in [0.1, 0.15) is 18.1 Å². The zero-order valence-corrected chi connectivity index (χ0v) is 11.6. The van der Waals surface area contributed by atoms with Gasteiger partial charge in [-0.15, -0.1) is 0 Å². The molecule has 0 radical (unpaired) electrons. The summed E-state index contributed by atoms with van der Waals surface area (Å²) in [5.41, 5.74) is 7.17. The summed E-state index contributed by atoms with van der Waals surface area (Å²) in [5, 5.41) is 0. The lowest BCUT2D eigenvalue weighted by Crippen LogP contribution is -2.38. The van der Waals surface area contributed by atoms with E-state index in [9.17, 15) is 9.59 Å². The smallest absolute Gasteiger partial charge is 0.311 e. The van der Waals surface area contributed by atoms with Crippen molar-refractivity contribution in [3.8, 4) is 5.75 Å². The standard InChI is InChI=1S/C14H20N2O3/c1-4-11-9-10(5-6-12(11)19-3)7-8-16(2)14(18)13(15)17/h5-6,9H,4,7-8H2,1-3H3,(H2,15,17). The SMILES string of the molecule is CCc1cc(CCN(C)C(=O)C(N)=O)ccc1OC. The minimum absolute atomic E-state index is 0.456.